The molecule has 1 aliphatic rings. The van der Waals surface area contributed by atoms with Crippen LogP contribution < -0.4 is 5.73 Å². The van der Waals surface area contributed by atoms with E-state index in [0.29, 0.717) is 5.92 Å². The number of nitrogens with zero attached hydrogens (tertiary/aromatic N) is 2. The first-order valence-corrected chi connectivity index (χ1v) is 6.41. The summed E-state index contributed by atoms with van der Waals surface area (Å²) >= 11 is 0. The smallest absolute Gasteiger partial charge is 0.134 e. The molecule has 0 aromatic carbocycles. The third kappa shape index (κ3) is 2.04. The Morgan fingerprint density at radius 1 is 1.12 bits per heavy atom. The van der Waals surface area contributed by atoms with E-state index in [2.05, 4.69) is 18.8 Å². The van der Waals surface area contributed by atoms with Crippen LogP contribution in [0.1, 0.15) is 62.5 Å². The van der Waals surface area contributed by atoms with Gasteiger partial charge in [0.2, 0.25) is 0 Å². The predicted octanol–water partition coefficient (Wildman–Crippen LogP) is 2.84. The fraction of sp³-hybridized carbons (Fsp3) is 0.692. The van der Waals surface area contributed by atoms with Crippen molar-refractivity contribution in [2.75, 3.05) is 5.73 Å². The van der Waals surface area contributed by atoms with E-state index in [1.54, 1.807) is 0 Å². The lowest BCUT2D eigenvalue weighted by atomic mass is 9.95. The van der Waals surface area contributed by atoms with Gasteiger partial charge in [-0.2, -0.15) is 0 Å². The van der Waals surface area contributed by atoms with Gasteiger partial charge in [-0.05, 0) is 38.5 Å². The Balaban J connectivity index is 2.38. The van der Waals surface area contributed by atoms with Crippen molar-refractivity contribution in [1.29, 1.82) is 0 Å². The summed E-state index contributed by atoms with van der Waals surface area (Å²) in [5, 5.41) is 0. The zero-order chi connectivity index (χ0) is 11.5. The highest BCUT2D eigenvalue weighted by molar-refractivity contribution is 5.43. The van der Waals surface area contributed by atoms with Gasteiger partial charge in [-0.3, -0.25) is 0 Å². The molecule has 1 aliphatic carbocycles. The Hall–Kier alpha value is -1.12. The van der Waals surface area contributed by atoms with Crippen LogP contribution in [0.2, 0.25) is 0 Å². The summed E-state index contributed by atoms with van der Waals surface area (Å²) in [5.41, 5.74) is 8.46. The van der Waals surface area contributed by atoms with E-state index in [9.17, 15) is 0 Å². The molecule has 0 fully saturated rings. The maximum Gasteiger partial charge on any atom is 0.134 e. The van der Waals surface area contributed by atoms with Crippen LogP contribution in [0.3, 0.4) is 0 Å². The Labute approximate surface area is 97.5 Å². The maximum absolute atomic E-state index is 6.04. The number of hydrogen-bond acceptors (Lipinski definition) is 3. The van der Waals surface area contributed by atoms with E-state index in [4.69, 9.17) is 10.7 Å². The molecule has 3 nitrogen and oxygen atoms in total. The largest absolute Gasteiger partial charge is 0.383 e. The van der Waals surface area contributed by atoms with Gasteiger partial charge in [-0.25, -0.2) is 9.97 Å². The minimum Gasteiger partial charge on any atom is -0.383 e. The number of rotatable bonds is 3. The first-order chi connectivity index (χ1) is 7.76. The van der Waals surface area contributed by atoms with E-state index < -0.39 is 0 Å². The van der Waals surface area contributed by atoms with Crippen molar-refractivity contribution in [3.05, 3.63) is 17.1 Å². The van der Waals surface area contributed by atoms with Crippen LogP contribution in [0, 0.1) is 0 Å². The van der Waals surface area contributed by atoms with E-state index in [-0.39, 0.29) is 0 Å². The van der Waals surface area contributed by atoms with E-state index >= 15 is 0 Å². The number of hydrogen-bond donors (Lipinski definition) is 1. The molecule has 1 heterocycles. The number of aromatic nitrogens is 2. The van der Waals surface area contributed by atoms with Crippen molar-refractivity contribution in [2.24, 2.45) is 0 Å². The molecule has 2 N–H and O–H groups in total. The molecule has 0 aliphatic heterocycles. The molecule has 2 rings (SSSR count). The fourth-order valence-corrected chi connectivity index (χ4v) is 2.48. The molecule has 0 atom stereocenters. The molecular formula is C13H21N3. The lowest BCUT2D eigenvalue weighted by Crippen LogP contribution is -2.15. The maximum atomic E-state index is 6.04. The van der Waals surface area contributed by atoms with Crippen molar-refractivity contribution in [1.82, 2.24) is 9.97 Å². The van der Waals surface area contributed by atoms with Crippen molar-refractivity contribution >= 4 is 5.82 Å². The fourth-order valence-electron chi connectivity index (χ4n) is 2.48. The van der Waals surface area contributed by atoms with Crippen LogP contribution in [0.15, 0.2) is 0 Å². The zero-order valence-electron chi connectivity index (χ0n) is 10.3. The molecule has 1 aromatic heterocycles. The molecule has 3 heteroatoms. The molecule has 0 saturated heterocycles. The molecule has 0 unspecified atom stereocenters. The summed E-state index contributed by atoms with van der Waals surface area (Å²) in [4.78, 5) is 9.22. The van der Waals surface area contributed by atoms with Crippen LogP contribution in [-0.2, 0) is 12.8 Å². The van der Waals surface area contributed by atoms with Crippen LogP contribution >= 0.6 is 0 Å². The third-order valence-electron chi connectivity index (χ3n) is 3.58. The number of fused-ring (bicyclic) bond motifs is 1. The quantitative estimate of drug-likeness (QED) is 0.850. The molecule has 88 valence electrons. The average molecular weight is 219 g/mol. The molecule has 0 spiro atoms. The van der Waals surface area contributed by atoms with E-state index in [1.165, 1.54) is 24.1 Å². The summed E-state index contributed by atoms with van der Waals surface area (Å²) in [5.74, 6) is 2.16. The van der Waals surface area contributed by atoms with E-state index in [0.717, 1.165) is 37.3 Å². The summed E-state index contributed by atoms with van der Waals surface area (Å²) in [7, 11) is 0. The van der Waals surface area contributed by atoms with Crippen molar-refractivity contribution in [3.63, 3.8) is 0 Å². The van der Waals surface area contributed by atoms with Crippen LogP contribution in [0.25, 0.3) is 0 Å². The number of aryl methyl sites for hydroxylation is 1. The summed E-state index contributed by atoms with van der Waals surface area (Å²) in [6.45, 7) is 4.38. The van der Waals surface area contributed by atoms with Crippen LogP contribution in [0.4, 0.5) is 5.82 Å². The Bertz CT molecular complexity index is 370. The standard InChI is InChI=1S/C13H21N3/c1-3-9(4-2)13-15-11-8-6-5-7-10(11)12(14)16-13/h9H,3-8H2,1-2H3,(H2,14,15,16). The average Bonchev–Trinajstić information content (AvgIpc) is 2.31. The van der Waals surface area contributed by atoms with Crippen LogP contribution in [0.5, 0.6) is 0 Å². The van der Waals surface area contributed by atoms with Gasteiger partial charge in [0.15, 0.2) is 0 Å². The number of nitrogen functional groups attached to an aromatic ring is 1. The summed E-state index contributed by atoms with van der Waals surface area (Å²) in [6, 6.07) is 0. The first-order valence-electron chi connectivity index (χ1n) is 6.41. The number of nitrogens with two attached hydrogens (primary N) is 1. The monoisotopic (exact) mass is 219 g/mol. The minimum absolute atomic E-state index is 0.467. The summed E-state index contributed by atoms with van der Waals surface area (Å²) < 4.78 is 0. The van der Waals surface area contributed by atoms with Crippen molar-refractivity contribution in [2.45, 2.75) is 58.3 Å². The highest BCUT2D eigenvalue weighted by Crippen LogP contribution is 2.27. The van der Waals surface area contributed by atoms with Gasteiger partial charge in [0.25, 0.3) is 0 Å². The Morgan fingerprint density at radius 2 is 1.81 bits per heavy atom. The molecule has 0 bridgehead atoms. The molecular weight excluding hydrogens is 198 g/mol. The molecule has 16 heavy (non-hydrogen) atoms. The second kappa shape index (κ2) is 4.81. The van der Waals surface area contributed by atoms with Gasteiger partial charge in [-0.15, -0.1) is 0 Å². The lowest BCUT2D eigenvalue weighted by molar-refractivity contribution is 0.584. The van der Waals surface area contributed by atoms with Crippen molar-refractivity contribution < 1.29 is 0 Å². The van der Waals surface area contributed by atoms with Gasteiger partial charge >= 0.3 is 0 Å². The minimum atomic E-state index is 0.467. The second-order valence-corrected chi connectivity index (χ2v) is 4.61. The second-order valence-electron chi connectivity index (χ2n) is 4.61. The molecule has 0 radical (unpaired) electrons. The number of anilines is 1. The molecule has 1 aromatic rings. The molecule has 0 amide bonds. The summed E-state index contributed by atoms with van der Waals surface area (Å²) in [6.07, 6.45) is 6.79. The van der Waals surface area contributed by atoms with Gasteiger partial charge < -0.3 is 5.73 Å². The lowest BCUT2D eigenvalue weighted by Gasteiger charge is -2.19. The predicted molar refractivity (Wildman–Crippen MR) is 66.4 cm³/mol. The van der Waals surface area contributed by atoms with Crippen molar-refractivity contribution in [3.8, 4) is 0 Å². The van der Waals surface area contributed by atoms with Gasteiger partial charge in [-0.1, -0.05) is 13.8 Å². The molecule has 0 saturated carbocycles. The first kappa shape index (κ1) is 11.4. The van der Waals surface area contributed by atoms with Gasteiger partial charge in [0.05, 0.1) is 0 Å². The normalized spacial score (nSPS) is 15.2. The highest BCUT2D eigenvalue weighted by atomic mass is 15.0. The van der Waals surface area contributed by atoms with Gasteiger partial charge in [0.1, 0.15) is 11.6 Å². The zero-order valence-corrected chi connectivity index (χ0v) is 10.3. The Morgan fingerprint density at radius 3 is 2.50 bits per heavy atom. The third-order valence-corrected chi connectivity index (χ3v) is 3.58. The van der Waals surface area contributed by atoms with Crippen LogP contribution in [-0.4, -0.2) is 9.97 Å². The Kier molecular flexibility index (Phi) is 3.42. The highest BCUT2D eigenvalue weighted by Gasteiger charge is 2.18. The topological polar surface area (TPSA) is 51.8 Å². The van der Waals surface area contributed by atoms with E-state index in [1.807, 2.05) is 0 Å². The SMILES string of the molecule is CCC(CC)c1nc(N)c2c(n1)CCCC2. The van der Waals surface area contributed by atoms with Gasteiger partial charge in [0, 0.05) is 17.2 Å².